The van der Waals surface area contributed by atoms with E-state index in [0.29, 0.717) is 17.1 Å². The summed E-state index contributed by atoms with van der Waals surface area (Å²) in [6.45, 7) is 7.65. The number of carbonyl (C=O) groups is 2. The number of carbonyl (C=O) groups excluding carboxylic acids is 2. The molecule has 0 fully saturated rings. The molecule has 0 spiro atoms. The Morgan fingerprint density at radius 2 is 2.14 bits per heavy atom. The molecule has 0 unspecified atom stereocenters. The minimum absolute atomic E-state index is 0.147. The average Bonchev–Trinajstić information content (AvgIpc) is 2.44. The smallest absolute Gasteiger partial charge is 0.243 e. The number of rotatable bonds is 5. The molecule has 0 aromatic carbocycles. The van der Waals surface area contributed by atoms with Crippen molar-refractivity contribution in [3.63, 3.8) is 0 Å². The molecule has 0 aliphatic carbocycles. The van der Waals surface area contributed by atoms with Crippen LogP contribution >= 0.6 is 11.8 Å². The van der Waals surface area contributed by atoms with Gasteiger partial charge in [0.15, 0.2) is 0 Å². The highest BCUT2D eigenvalue weighted by atomic mass is 32.2. The Morgan fingerprint density at radius 1 is 1.50 bits per heavy atom. The first-order chi connectivity index (χ1) is 10.3. The van der Waals surface area contributed by atoms with Gasteiger partial charge in [-0.15, -0.1) is 0 Å². The summed E-state index contributed by atoms with van der Waals surface area (Å²) in [7, 11) is 0. The topological polar surface area (TPSA) is 106 Å². The Kier molecular flexibility index (Phi) is 6.01. The van der Waals surface area contributed by atoms with Crippen molar-refractivity contribution in [3.8, 4) is 12.1 Å². The maximum atomic E-state index is 12.0. The number of nitriles is 2. The Balaban J connectivity index is 3.04. The molecule has 118 valence electrons. The SMILES string of the molecule is CCCNC(=O)[C@@H](C)SC1=C(C#N)C(C)(C)[C@H](C#N)C(=O)N1. The summed E-state index contributed by atoms with van der Waals surface area (Å²) < 4.78 is 0. The summed E-state index contributed by atoms with van der Waals surface area (Å²) in [4.78, 5) is 24.0. The number of amides is 2. The number of thioether (sulfide) groups is 1. The van der Waals surface area contributed by atoms with Gasteiger partial charge in [0.2, 0.25) is 11.8 Å². The lowest BCUT2D eigenvalue weighted by molar-refractivity contribution is -0.125. The minimum Gasteiger partial charge on any atom is -0.355 e. The monoisotopic (exact) mass is 320 g/mol. The molecule has 0 radical (unpaired) electrons. The van der Waals surface area contributed by atoms with Gasteiger partial charge >= 0.3 is 0 Å². The predicted octanol–water partition coefficient (Wildman–Crippen LogP) is 1.67. The molecule has 1 heterocycles. The third-order valence-electron chi connectivity index (χ3n) is 3.55. The van der Waals surface area contributed by atoms with Crippen LogP contribution in [-0.4, -0.2) is 23.6 Å². The Bertz CT molecular complexity index is 583. The second-order valence-electron chi connectivity index (χ2n) is 5.64. The highest BCUT2D eigenvalue weighted by molar-refractivity contribution is 8.04. The van der Waals surface area contributed by atoms with E-state index in [2.05, 4.69) is 16.7 Å². The molecule has 1 rings (SSSR count). The summed E-state index contributed by atoms with van der Waals surface area (Å²) in [5, 5.41) is 23.8. The van der Waals surface area contributed by atoms with Gasteiger partial charge in [-0.3, -0.25) is 9.59 Å². The predicted molar refractivity (Wildman–Crippen MR) is 84.0 cm³/mol. The Hall–Kier alpha value is -1.99. The molecule has 2 amide bonds. The van der Waals surface area contributed by atoms with Crippen molar-refractivity contribution in [2.45, 2.75) is 39.4 Å². The van der Waals surface area contributed by atoms with E-state index in [-0.39, 0.29) is 5.91 Å². The quantitative estimate of drug-likeness (QED) is 0.801. The van der Waals surface area contributed by atoms with Crippen LogP contribution in [0.4, 0.5) is 0 Å². The number of hydrogen-bond donors (Lipinski definition) is 2. The van der Waals surface area contributed by atoms with Gasteiger partial charge in [-0.1, -0.05) is 32.5 Å². The van der Waals surface area contributed by atoms with Crippen LogP contribution in [0.2, 0.25) is 0 Å². The van der Waals surface area contributed by atoms with E-state index in [1.165, 1.54) is 0 Å². The first kappa shape index (κ1) is 18.1. The van der Waals surface area contributed by atoms with Crippen LogP contribution < -0.4 is 10.6 Å². The van der Waals surface area contributed by atoms with E-state index in [1.54, 1.807) is 20.8 Å². The van der Waals surface area contributed by atoms with Crippen LogP contribution in [0.25, 0.3) is 0 Å². The zero-order valence-corrected chi connectivity index (χ0v) is 14.0. The lowest BCUT2D eigenvalue weighted by Crippen LogP contribution is -2.45. The standard InChI is InChI=1S/C15H20N4O2S/c1-5-6-18-12(20)9(2)22-14-11(8-17)15(3,4)10(7-16)13(21)19-14/h9-10H,5-6H2,1-4H3,(H,18,20)(H,19,21)/t9-,10-/m1/s1. The second-order valence-corrected chi connectivity index (χ2v) is 6.99. The highest BCUT2D eigenvalue weighted by Gasteiger charge is 2.45. The van der Waals surface area contributed by atoms with E-state index < -0.39 is 22.5 Å². The molecule has 0 saturated carbocycles. The van der Waals surface area contributed by atoms with Crippen molar-refractivity contribution in [1.29, 1.82) is 10.5 Å². The largest absolute Gasteiger partial charge is 0.355 e. The maximum Gasteiger partial charge on any atom is 0.243 e. The second kappa shape index (κ2) is 7.33. The van der Waals surface area contributed by atoms with E-state index >= 15 is 0 Å². The Labute approximate surface area is 134 Å². The zero-order valence-electron chi connectivity index (χ0n) is 13.2. The molecule has 2 N–H and O–H groups in total. The fourth-order valence-electron chi connectivity index (χ4n) is 2.14. The molecule has 1 aliphatic rings. The van der Waals surface area contributed by atoms with Crippen LogP contribution in [0.5, 0.6) is 0 Å². The van der Waals surface area contributed by atoms with Crippen LogP contribution in [0, 0.1) is 34.0 Å². The molecule has 7 heteroatoms. The fourth-order valence-corrected chi connectivity index (χ4v) is 3.27. The molecule has 1 aliphatic heterocycles. The maximum absolute atomic E-state index is 12.0. The van der Waals surface area contributed by atoms with E-state index in [9.17, 15) is 14.9 Å². The van der Waals surface area contributed by atoms with Crippen molar-refractivity contribution < 1.29 is 9.59 Å². The van der Waals surface area contributed by atoms with Crippen LogP contribution in [-0.2, 0) is 9.59 Å². The van der Waals surface area contributed by atoms with Crippen molar-refractivity contribution in [1.82, 2.24) is 10.6 Å². The molecule has 6 nitrogen and oxygen atoms in total. The van der Waals surface area contributed by atoms with Crippen LogP contribution in [0.1, 0.15) is 34.1 Å². The van der Waals surface area contributed by atoms with Gasteiger partial charge in [-0.05, 0) is 13.3 Å². The van der Waals surface area contributed by atoms with Gasteiger partial charge < -0.3 is 10.6 Å². The van der Waals surface area contributed by atoms with E-state index in [4.69, 9.17) is 5.26 Å². The van der Waals surface area contributed by atoms with E-state index in [1.807, 2.05) is 13.0 Å². The zero-order chi connectivity index (χ0) is 16.9. The summed E-state index contributed by atoms with van der Waals surface area (Å²) in [6.07, 6.45) is 0.836. The van der Waals surface area contributed by atoms with Gasteiger partial charge in [0.05, 0.1) is 28.0 Å². The summed E-state index contributed by atoms with van der Waals surface area (Å²) in [6, 6.07) is 4.02. The summed E-state index contributed by atoms with van der Waals surface area (Å²) >= 11 is 1.13. The molecule has 22 heavy (non-hydrogen) atoms. The fraction of sp³-hybridized carbons (Fsp3) is 0.600. The highest BCUT2D eigenvalue weighted by Crippen LogP contribution is 2.42. The third-order valence-corrected chi connectivity index (χ3v) is 4.66. The molecular weight excluding hydrogens is 300 g/mol. The number of hydrogen-bond acceptors (Lipinski definition) is 5. The normalized spacial score (nSPS) is 21.4. The van der Waals surface area contributed by atoms with Gasteiger partial charge in [0.25, 0.3) is 0 Å². The van der Waals surface area contributed by atoms with Crippen molar-refractivity contribution in [2.75, 3.05) is 6.54 Å². The van der Waals surface area contributed by atoms with E-state index in [0.717, 1.165) is 18.2 Å². The van der Waals surface area contributed by atoms with Crippen molar-refractivity contribution in [3.05, 3.63) is 10.6 Å². The van der Waals surface area contributed by atoms with Crippen molar-refractivity contribution >= 4 is 23.6 Å². The average molecular weight is 320 g/mol. The Morgan fingerprint density at radius 3 is 2.64 bits per heavy atom. The van der Waals surface area contributed by atoms with Gasteiger partial charge in [-0.25, -0.2) is 0 Å². The molecule has 0 aromatic heterocycles. The lowest BCUT2D eigenvalue weighted by atomic mass is 9.72. The number of nitrogens with zero attached hydrogens (tertiary/aromatic N) is 2. The van der Waals surface area contributed by atoms with Crippen molar-refractivity contribution in [2.24, 2.45) is 11.3 Å². The van der Waals surface area contributed by atoms with Crippen LogP contribution in [0.3, 0.4) is 0 Å². The minimum atomic E-state index is -0.921. The third kappa shape index (κ3) is 3.61. The molecular formula is C15H20N4O2S. The van der Waals surface area contributed by atoms with Crippen LogP contribution in [0.15, 0.2) is 10.6 Å². The molecule has 0 saturated heterocycles. The summed E-state index contributed by atoms with van der Waals surface area (Å²) in [5.74, 6) is -1.50. The van der Waals surface area contributed by atoms with Gasteiger partial charge in [0, 0.05) is 12.0 Å². The first-order valence-electron chi connectivity index (χ1n) is 7.09. The number of nitrogens with one attached hydrogen (secondary N) is 2. The molecule has 0 aromatic rings. The summed E-state index contributed by atoms with van der Waals surface area (Å²) in [5.41, 5.74) is -0.549. The lowest BCUT2D eigenvalue weighted by Gasteiger charge is -2.35. The van der Waals surface area contributed by atoms with Gasteiger partial charge in [0.1, 0.15) is 5.92 Å². The molecule has 2 atom stereocenters. The number of allylic oxidation sites excluding steroid dienone is 1. The van der Waals surface area contributed by atoms with Gasteiger partial charge in [-0.2, -0.15) is 10.5 Å². The molecule has 0 bridgehead atoms. The first-order valence-corrected chi connectivity index (χ1v) is 7.97.